The smallest absolute Gasteiger partial charge is 0.142 e. The topological polar surface area (TPSA) is 21.6 Å². The molecular formula is C27H30BrNO. The fraction of sp³-hybridized carbons (Fsp3) is 0.296. The SMILES string of the molecule is COc1c(Br)cc(C)cc1C(=Nc1c(C(C)C)cccc1C(C)C)c1ccccc1. The third kappa shape index (κ3) is 4.67. The molecule has 0 aliphatic carbocycles. The van der Waals surface area contributed by atoms with Gasteiger partial charge in [0.1, 0.15) is 5.75 Å². The summed E-state index contributed by atoms with van der Waals surface area (Å²) in [6.07, 6.45) is 0. The molecule has 0 atom stereocenters. The van der Waals surface area contributed by atoms with Crippen LogP contribution in [0.2, 0.25) is 0 Å². The summed E-state index contributed by atoms with van der Waals surface area (Å²) in [5.41, 5.74) is 7.74. The number of nitrogens with zero attached hydrogens (tertiary/aromatic N) is 1. The first-order valence-electron chi connectivity index (χ1n) is 10.4. The van der Waals surface area contributed by atoms with Gasteiger partial charge in [0, 0.05) is 11.1 Å². The van der Waals surface area contributed by atoms with E-state index in [4.69, 9.17) is 9.73 Å². The minimum Gasteiger partial charge on any atom is -0.495 e. The Bertz CT molecular complexity index is 1030. The minimum atomic E-state index is 0.380. The van der Waals surface area contributed by atoms with Crippen molar-refractivity contribution in [3.05, 3.63) is 93.0 Å². The first kappa shape index (κ1) is 22.3. The summed E-state index contributed by atoms with van der Waals surface area (Å²) in [6, 6.07) is 21.1. The lowest BCUT2D eigenvalue weighted by Gasteiger charge is -2.19. The minimum absolute atomic E-state index is 0.380. The van der Waals surface area contributed by atoms with Crippen LogP contribution in [-0.4, -0.2) is 12.8 Å². The number of hydrogen-bond donors (Lipinski definition) is 0. The maximum atomic E-state index is 5.80. The molecule has 0 unspecified atom stereocenters. The molecule has 3 rings (SSSR count). The molecule has 0 fully saturated rings. The highest BCUT2D eigenvalue weighted by atomic mass is 79.9. The summed E-state index contributed by atoms with van der Waals surface area (Å²) in [4.78, 5) is 5.35. The predicted molar refractivity (Wildman–Crippen MR) is 132 cm³/mol. The highest BCUT2D eigenvalue weighted by molar-refractivity contribution is 9.10. The zero-order chi connectivity index (χ0) is 21.8. The highest BCUT2D eigenvalue weighted by Gasteiger charge is 2.19. The number of rotatable bonds is 6. The van der Waals surface area contributed by atoms with Crippen molar-refractivity contribution in [2.75, 3.05) is 7.11 Å². The van der Waals surface area contributed by atoms with Gasteiger partial charge in [-0.15, -0.1) is 0 Å². The van der Waals surface area contributed by atoms with Gasteiger partial charge < -0.3 is 4.74 Å². The van der Waals surface area contributed by atoms with Gasteiger partial charge in [0.15, 0.2) is 0 Å². The van der Waals surface area contributed by atoms with Gasteiger partial charge in [-0.05, 0) is 63.5 Å². The molecule has 3 heteroatoms. The van der Waals surface area contributed by atoms with Gasteiger partial charge >= 0.3 is 0 Å². The molecule has 2 nitrogen and oxygen atoms in total. The Hall–Kier alpha value is -2.39. The van der Waals surface area contributed by atoms with E-state index in [9.17, 15) is 0 Å². The van der Waals surface area contributed by atoms with Crippen molar-refractivity contribution in [2.24, 2.45) is 4.99 Å². The molecule has 0 heterocycles. The number of ether oxygens (including phenoxy) is 1. The number of benzene rings is 3. The zero-order valence-electron chi connectivity index (χ0n) is 18.7. The fourth-order valence-corrected chi connectivity index (χ4v) is 4.48. The van der Waals surface area contributed by atoms with Crippen molar-refractivity contribution in [1.29, 1.82) is 0 Å². The van der Waals surface area contributed by atoms with Gasteiger partial charge in [-0.25, -0.2) is 4.99 Å². The molecule has 3 aromatic carbocycles. The number of aryl methyl sites for hydroxylation is 1. The third-order valence-electron chi connectivity index (χ3n) is 5.26. The molecule has 0 aliphatic rings. The van der Waals surface area contributed by atoms with E-state index in [-0.39, 0.29) is 0 Å². The van der Waals surface area contributed by atoms with E-state index in [2.05, 4.69) is 105 Å². The van der Waals surface area contributed by atoms with Crippen LogP contribution in [0.1, 0.15) is 67.3 Å². The Morgan fingerprint density at radius 2 is 1.47 bits per heavy atom. The summed E-state index contributed by atoms with van der Waals surface area (Å²) < 4.78 is 6.73. The van der Waals surface area contributed by atoms with Crippen molar-refractivity contribution in [3.63, 3.8) is 0 Å². The molecule has 0 aliphatic heterocycles. The van der Waals surface area contributed by atoms with Gasteiger partial charge in [0.2, 0.25) is 0 Å². The van der Waals surface area contributed by atoms with Gasteiger partial charge in [0.25, 0.3) is 0 Å². The van der Waals surface area contributed by atoms with Crippen LogP contribution >= 0.6 is 15.9 Å². The Kier molecular flexibility index (Phi) is 7.14. The first-order valence-corrected chi connectivity index (χ1v) is 11.2. The predicted octanol–water partition coefficient (Wildman–Crippen LogP) is 8.18. The number of para-hydroxylation sites is 1. The lowest BCUT2D eigenvalue weighted by Crippen LogP contribution is -2.08. The van der Waals surface area contributed by atoms with Crippen molar-refractivity contribution >= 4 is 27.3 Å². The largest absolute Gasteiger partial charge is 0.495 e. The summed E-state index contributed by atoms with van der Waals surface area (Å²) in [5, 5.41) is 0. The second-order valence-corrected chi connectivity index (χ2v) is 9.10. The third-order valence-corrected chi connectivity index (χ3v) is 5.85. The summed E-state index contributed by atoms with van der Waals surface area (Å²) in [5.74, 6) is 1.56. The molecule has 156 valence electrons. The van der Waals surface area contributed by atoms with E-state index in [1.807, 2.05) is 6.07 Å². The molecule has 30 heavy (non-hydrogen) atoms. The zero-order valence-corrected chi connectivity index (χ0v) is 20.2. The summed E-state index contributed by atoms with van der Waals surface area (Å²) in [7, 11) is 1.71. The quantitative estimate of drug-likeness (QED) is 0.337. The van der Waals surface area contributed by atoms with E-state index in [1.165, 1.54) is 11.1 Å². The number of methoxy groups -OCH3 is 1. The second-order valence-electron chi connectivity index (χ2n) is 8.25. The van der Waals surface area contributed by atoms with E-state index in [1.54, 1.807) is 7.11 Å². The van der Waals surface area contributed by atoms with Crippen LogP contribution in [0.25, 0.3) is 0 Å². The summed E-state index contributed by atoms with van der Waals surface area (Å²) in [6.45, 7) is 11.0. The number of halogens is 1. The van der Waals surface area contributed by atoms with E-state index in [0.29, 0.717) is 11.8 Å². The molecule has 3 aromatic rings. The van der Waals surface area contributed by atoms with Gasteiger partial charge in [0.05, 0.1) is 23.0 Å². The highest BCUT2D eigenvalue weighted by Crippen LogP contribution is 2.38. The molecule has 0 saturated carbocycles. The van der Waals surface area contributed by atoms with Gasteiger partial charge in [-0.3, -0.25) is 0 Å². The van der Waals surface area contributed by atoms with Crippen LogP contribution in [0.4, 0.5) is 5.69 Å². The molecule has 0 N–H and O–H groups in total. The average Bonchev–Trinajstić information content (AvgIpc) is 2.71. The molecule has 0 spiro atoms. The first-order chi connectivity index (χ1) is 14.3. The van der Waals surface area contributed by atoms with E-state index >= 15 is 0 Å². The van der Waals surface area contributed by atoms with Gasteiger partial charge in [-0.2, -0.15) is 0 Å². The van der Waals surface area contributed by atoms with Crippen LogP contribution in [-0.2, 0) is 0 Å². The molecule has 0 aromatic heterocycles. The van der Waals surface area contributed by atoms with Crippen molar-refractivity contribution in [1.82, 2.24) is 0 Å². The van der Waals surface area contributed by atoms with Crippen molar-refractivity contribution < 1.29 is 4.74 Å². The maximum Gasteiger partial charge on any atom is 0.142 e. The Labute approximate surface area is 189 Å². The van der Waals surface area contributed by atoms with Crippen LogP contribution < -0.4 is 4.74 Å². The van der Waals surface area contributed by atoms with Crippen LogP contribution in [0, 0.1) is 6.92 Å². The number of hydrogen-bond acceptors (Lipinski definition) is 2. The fourth-order valence-electron chi connectivity index (χ4n) is 3.74. The molecular weight excluding hydrogens is 434 g/mol. The molecule has 0 radical (unpaired) electrons. The molecule has 0 amide bonds. The standard InChI is InChI=1S/C27H30BrNO/c1-17(2)21-13-10-14-22(18(3)4)26(21)29-25(20-11-8-7-9-12-20)23-15-19(5)16-24(28)27(23)30-6/h7-18H,1-6H3. The summed E-state index contributed by atoms with van der Waals surface area (Å²) >= 11 is 3.68. The normalized spacial score (nSPS) is 12.0. The Balaban J connectivity index is 2.39. The number of aliphatic imine (C=N–C) groups is 1. The lowest BCUT2D eigenvalue weighted by atomic mass is 9.92. The maximum absolute atomic E-state index is 5.80. The monoisotopic (exact) mass is 463 g/mol. The average molecular weight is 464 g/mol. The molecule has 0 saturated heterocycles. The van der Waals surface area contributed by atoms with Crippen molar-refractivity contribution in [3.8, 4) is 5.75 Å². The van der Waals surface area contributed by atoms with Gasteiger partial charge in [-0.1, -0.05) is 76.2 Å². The Morgan fingerprint density at radius 1 is 0.867 bits per heavy atom. The van der Waals surface area contributed by atoms with Crippen molar-refractivity contribution in [2.45, 2.75) is 46.5 Å². The lowest BCUT2D eigenvalue weighted by molar-refractivity contribution is 0.411. The molecule has 0 bridgehead atoms. The van der Waals surface area contributed by atoms with Crippen LogP contribution in [0.15, 0.2) is 70.1 Å². The van der Waals surface area contributed by atoms with E-state index < -0.39 is 0 Å². The van der Waals surface area contributed by atoms with Crippen LogP contribution in [0.3, 0.4) is 0 Å². The van der Waals surface area contributed by atoms with Crippen LogP contribution in [0.5, 0.6) is 5.75 Å². The Morgan fingerprint density at radius 3 is 2.00 bits per heavy atom. The van der Waals surface area contributed by atoms with E-state index in [0.717, 1.165) is 38.3 Å². The second kappa shape index (κ2) is 9.61.